The summed E-state index contributed by atoms with van der Waals surface area (Å²) in [7, 11) is 3.09. The third kappa shape index (κ3) is 4.09. The number of anilines is 1. The van der Waals surface area contributed by atoms with E-state index in [4.69, 9.17) is 15.2 Å². The number of nitrogens with zero attached hydrogens (tertiary/aromatic N) is 1. The van der Waals surface area contributed by atoms with E-state index >= 15 is 0 Å². The zero-order chi connectivity index (χ0) is 15.2. The van der Waals surface area contributed by atoms with Crippen LogP contribution in [0.1, 0.15) is 16.1 Å². The maximum absolute atomic E-state index is 12.1. The Morgan fingerprint density at radius 1 is 1.29 bits per heavy atom. The first-order chi connectivity index (χ1) is 10.1. The molecule has 0 saturated heterocycles. The van der Waals surface area contributed by atoms with Crippen LogP contribution in [-0.2, 0) is 6.42 Å². The van der Waals surface area contributed by atoms with Crippen molar-refractivity contribution in [3.8, 4) is 11.5 Å². The Morgan fingerprint density at radius 2 is 1.95 bits per heavy atom. The van der Waals surface area contributed by atoms with Gasteiger partial charge in [0, 0.05) is 30.0 Å². The van der Waals surface area contributed by atoms with Gasteiger partial charge in [0.25, 0.3) is 5.91 Å². The van der Waals surface area contributed by atoms with Crippen molar-refractivity contribution in [1.82, 2.24) is 10.3 Å². The van der Waals surface area contributed by atoms with E-state index in [-0.39, 0.29) is 5.91 Å². The lowest BCUT2D eigenvalue weighted by atomic mass is 10.2. The van der Waals surface area contributed by atoms with Crippen molar-refractivity contribution >= 4 is 22.4 Å². The average Bonchev–Trinajstić information content (AvgIpc) is 2.92. The summed E-state index contributed by atoms with van der Waals surface area (Å²) in [6, 6.07) is 5.05. The summed E-state index contributed by atoms with van der Waals surface area (Å²) in [5, 5.41) is 5.25. The minimum atomic E-state index is -0.185. The van der Waals surface area contributed by atoms with Crippen LogP contribution in [0, 0.1) is 0 Å². The standard InChI is InChI=1S/C14H17N3O3S/c1-19-11-5-9(6-12(7-11)20-2)13(18)16-4-3-10-8-21-14(15)17-10/h5-8H,3-4H2,1-2H3,(H2,15,17)(H,16,18). The summed E-state index contributed by atoms with van der Waals surface area (Å²) in [6.45, 7) is 0.488. The van der Waals surface area contributed by atoms with Crippen LogP contribution >= 0.6 is 11.3 Å². The van der Waals surface area contributed by atoms with Crippen LogP contribution in [0.15, 0.2) is 23.6 Å². The molecule has 0 spiro atoms. The van der Waals surface area contributed by atoms with Gasteiger partial charge in [-0.25, -0.2) is 4.98 Å². The number of benzene rings is 1. The first kappa shape index (κ1) is 15.1. The zero-order valence-corrected chi connectivity index (χ0v) is 12.7. The molecule has 0 bridgehead atoms. The Bertz CT molecular complexity index is 605. The zero-order valence-electron chi connectivity index (χ0n) is 11.9. The van der Waals surface area contributed by atoms with Crippen molar-refractivity contribution in [3.63, 3.8) is 0 Å². The van der Waals surface area contributed by atoms with Crippen molar-refractivity contribution in [1.29, 1.82) is 0 Å². The van der Waals surface area contributed by atoms with Gasteiger partial charge in [-0.3, -0.25) is 4.79 Å². The van der Waals surface area contributed by atoms with Crippen LogP contribution in [0.3, 0.4) is 0 Å². The maximum Gasteiger partial charge on any atom is 0.251 e. The second-order valence-electron chi connectivity index (χ2n) is 4.28. The highest BCUT2D eigenvalue weighted by Crippen LogP contribution is 2.22. The maximum atomic E-state index is 12.1. The van der Waals surface area contributed by atoms with Gasteiger partial charge in [0.05, 0.1) is 19.9 Å². The number of thiazole rings is 1. The minimum absolute atomic E-state index is 0.185. The molecular formula is C14H17N3O3S. The van der Waals surface area contributed by atoms with Crippen molar-refractivity contribution in [3.05, 3.63) is 34.8 Å². The summed E-state index contributed by atoms with van der Waals surface area (Å²) in [4.78, 5) is 16.3. The molecule has 3 N–H and O–H groups in total. The predicted molar refractivity (Wildman–Crippen MR) is 82.1 cm³/mol. The van der Waals surface area contributed by atoms with E-state index in [9.17, 15) is 4.79 Å². The van der Waals surface area contributed by atoms with Gasteiger partial charge in [-0.1, -0.05) is 0 Å². The molecule has 0 unspecified atom stereocenters. The van der Waals surface area contributed by atoms with Gasteiger partial charge in [-0.2, -0.15) is 0 Å². The fourth-order valence-electron chi connectivity index (χ4n) is 1.78. The quantitative estimate of drug-likeness (QED) is 0.848. The van der Waals surface area contributed by atoms with E-state index in [0.29, 0.717) is 35.2 Å². The number of aromatic nitrogens is 1. The number of hydrogen-bond donors (Lipinski definition) is 2. The Morgan fingerprint density at radius 3 is 2.48 bits per heavy atom. The normalized spacial score (nSPS) is 10.2. The van der Waals surface area contributed by atoms with Crippen LogP contribution in [0.2, 0.25) is 0 Å². The Kier molecular flexibility index (Phi) is 4.99. The molecule has 21 heavy (non-hydrogen) atoms. The number of nitrogens with two attached hydrogens (primary N) is 1. The van der Waals surface area contributed by atoms with Gasteiger partial charge in [-0.05, 0) is 12.1 Å². The van der Waals surface area contributed by atoms with E-state index in [2.05, 4.69) is 10.3 Å². The number of amides is 1. The van der Waals surface area contributed by atoms with Crippen LogP contribution in [0.5, 0.6) is 11.5 Å². The van der Waals surface area contributed by atoms with Crippen LogP contribution in [-0.4, -0.2) is 31.7 Å². The number of nitrogens with one attached hydrogen (secondary N) is 1. The molecule has 1 heterocycles. The van der Waals surface area contributed by atoms with Gasteiger partial charge in [0.1, 0.15) is 11.5 Å². The van der Waals surface area contributed by atoms with Crippen LogP contribution < -0.4 is 20.5 Å². The molecule has 1 aromatic carbocycles. The molecule has 2 rings (SSSR count). The van der Waals surface area contributed by atoms with Crippen molar-refractivity contribution in [2.45, 2.75) is 6.42 Å². The highest BCUT2D eigenvalue weighted by Gasteiger charge is 2.09. The first-order valence-corrected chi connectivity index (χ1v) is 7.21. The van der Waals surface area contributed by atoms with E-state index in [0.717, 1.165) is 5.69 Å². The lowest BCUT2D eigenvalue weighted by molar-refractivity contribution is 0.0953. The fraction of sp³-hybridized carbons (Fsp3) is 0.286. The third-order valence-electron chi connectivity index (χ3n) is 2.85. The lowest BCUT2D eigenvalue weighted by Gasteiger charge is -2.09. The number of carbonyl (C=O) groups excluding carboxylic acids is 1. The number of hydrogen-bond acceptors (Lipinski definition) is 6. The second kappa shape index (κ2) is 6.94. The van der Waals surface area contributed by atoms with Gasteiger partial charge in [0.2, 0.25) is 0 Å². The van der Waals surface area contributed by atoms with Gasteiger partial charge < -0.3 is 20.5 Å². The smallest absolute Gasteiger partial charge is 0.251 e. The minimum Gasteiger partial charge on any atom is -0.497 e. The number of ether oxygens (including phenoxy) is 2. The summed E-state index contributed by atoms with van der Waals surface area (Å²) >= 11 is 1.39. The fourth-order valence-corrected chi connectivity index (χ4v) is 2.38. The van der Waals surface area contributed by atoms with E-state index in [1.165, 1.54) is 11.3 Å². The molecule has 7 heteroatoms. The summed E-state index contributed by atoms with van der Waals surface area (Å²) in [6.07, 6.45) is 0.639. The van der Waals surface area contributed by atoms with Crippen molar-refractivity contribution < 1.29 is 14.3 Å². The number of nitrogen functional groups attached to an aromatic ring is 1. The molecule has 0 aliphatic heterocycles. The Hall–Kier alpha value is -2.28. The molecule has 2 aromatic rings. The van der Waals surface area contributed by atoms with Gasteiger partial charge in [0.15, 0.2) is 5.13 Å². The monoisotopic (exact) mass is 307 g/mol. The highest BCUT2D eigenvalue weighted by atomic mass is 32.1. The molecule has 1 amide bonds. The predicted octanol–water partition coefficient (Wildman–Crippen LogP) is 1.72. The molecule has 112 valence electrons. The molecule has 6 nitrogen and oxygen atoms in total. The largest absolute Gasteiger partial charge is 0.497 e. The molecule has 0 saturated carbocycles. The summed E-state index contributed by atoms with van der Waals surface area (Å²) in [5.41, 5.74) is 6.92. The van der Waals surface area contributed by atoms with E-state index in [1.54, 1.807) is 32.4 Å². The first-order valence-electron chi connectivity index (χ1n) is 6.33. The number of methoxy groups -OCH3 is 2. The summed E-state index contributed by atoms with van der Waals surface area (Å²) < 4.78 is 10.3. The van der Waals surface area contributed by atoms with E-state index < -0.39 is 0 Å². The average molecular weight is 307 g/mol. The molecule has 0 fully saturated rings. The number of rotatable bonds is 6. The molecule has 0 aliphatic rings. The van der Waals surface area contributed by atoms with Gasteiger partial charge >= 0.3 is 0 Å². The lowest BCUT2D eigenvalue weighted by Crippen LogP contribution is -2.25. The number of carbonyl (C=O) groups is 1. The molecular weight excluding hydrogens is 290 g/mol. The Labute approximate surface area is 126 Å². The van der Waals surface area contributed by atoms with Crippen molar-refractivity contribution in [2.75, 3.05) is 26.5 Å². The summed E-state index contributed by atoms with van der Waals surface area (Å²) in [5.74, 6) is 0.967. The third-order valence-corrected chi connectivity index (χ3v) is 3.57. The molecule has 1 aromatic heterocycles. The highest BCUT2D eigenvalue weighted by molar-refractivity contribution is 7.13. The van der Waals surface area contributed by atoms with E-state index in [1.807, 2.05) is 5.38 Å². The van der Waals surface area contributed by atoms with Crippen LogP contribution in [0.4, 0.5) is 5.13 Å². The second-order valence-corrected chi connectivity index (χ2v) is 5.17. The SMILES string of the molecule is COc1cc(OC)cc(C(=O)NCCc2csc(N)n2)c1. The molecule has 0 atom stereocenters. The van der Waals surface area contributed by atoms with Crippen molar-refractivity contribution in [2.24, 2.45) is 0 Å². The molecule has 0 radical (unpaired) electrons. The Balaban J connectivity index is 1.96. The van der Waals surface area contributed by atoms with Gasteiger partial charge in [-0.15, -0.1) is 11.3 Å². The van der Waals surface area contributed by atoms with Crippen LogP contribution in [0.25, 0.3) is 0 Å². The topological polar surface area (TPSA) is 86.5 Å². The molecule has 0 aliphatic carbocycles.